The summed E-state index contributed by atoms with van der Waals surface area (Å²) in [6, 6.07) is -0.210. The van der Waals surface area contributed by atoms with Crippen molar-refractivity contribution in [2.45, 2.75) is 84.0 Å². The lowest BCUT2D eigenvalue weighted by molar-refractivity contribution is -0.137. The fraction of sp³-hybridized carbons (Fsp3) is 0.800. The minimum absolute atomic E-state index is 0.164. The summed E-state index contributed by atoms with van der Waals surface area (Å²) < 4.78 is 4.76. The first-order chi connectivity index (χ1) is 12.2. The average molecular weight is 355 g/mol. The van der Waals surface area contributed by atoms with E-state index in [1.807, 2.05) is 0 Å². The van der Waals surface area contributed by atoms with Gasteiger partial charge in [-0.3, -0.25) is 0 Å². The third-order valence-corrected chi connectivity index (χ3v) is 4.11. The molecule has 0 aromatic carbocycles. The first kappa shape index (κ1) is 23.5. The van der Waals surface area contributed by atoms with E-state index in [4.69, 9.17) is 4.74 Å². The summed E-state index contributed by atoms with van der Waals surface area (Å²) in [5.74, 6) is -0.473. The molecule has 0 spiro atoms. The van der Waals surface area contributed by atoms with Gasteiger partial charge in [-0.1, -0.05) is 84.1 Å². The van der Waals surface area contributed by atoms with Crippen molar-refractivity contribution in [2.24, 2.45) is 0 Å². The Bertz CT molecular complexity index is 346. The van der Waals surface area contributed by atoms with Crippen molar-refractivity contribution in [1.29, 1.82) is 0 Å². The van der Waals surface area contributed by atoms with Gasteiger partial charge in [0.05, 0.1) is 6.54 Å². The number of nitrogens with one attached hydrogen (secondary N) is 2. The standard InChI is InChI=1S/C20H38N2O3/c1-3-5-6-7-8-9-10-11-12-13-14-15-16-21-20(24)22-17-18-25-19(23)4-2/h4H,2-3,5-18H2,1H3,(H2,21,22,24). The van der Waals surface area contributed by atoms with E-state index in [1.165, 1.54) is 64.2 Å². The maximum atomic E-state index is 11.5. The minimum Gasteiger partial charge on any atom is -0.461 e. The number of ether oxygens (including phenoxy) is 1. The molecule has 0 atom stereocenters. The smallest absolute Gasteiger partial charge is 0.330 e. The van der Waals surface area contributed by atoms with Gasteiger partial charge in [0.1, 0.15) is 6.61 Å². The number of urea groups is 1. The molecule has 146 valence electrons. The van der Waals surface area contributed by atoms with Crippen molar-refractivity contribution in [1.82, 2.24) is 10.6 Å². The predicted molar refractivity (Wildman–Crippen MR) is 104 cm³/mol. The molecular weight excluding hydrogens is 316 g/mol. The molecule has 2 N–H and O–H groups in total. The van der Waals surface area contributed by atoms with Gasteiger partial charge in [0, 0.05) is 12.6 Å². The van der Waals surface area contributed by atoms with Crippen LogP contribution >= 0.6 is 0 Å². The molecule has 0 rings (SSSR count). The Kier molecular flexibility index (Phi) is 17.7. The lowest BCUT2D eigenvalue weighted by atomic mass is 10.1. The lowest BCUT2D eigenvalue weighted by Crippen LogP contribution is -2.37. The van der Waals surface area contributed by atoms with E-state index in [9.17, 15) is 9.59 Å². The molecule has 5 nitrogen and oxygen atoms in total. The molecule has 0 aliphatic rings. The molecule has 25 heavy (non-hydrogen) atoms. The Morgan fingerprint density at radius 1 is 0.800 bits per heavy atom. The van der Waals surface area contributed by atoms with Crippen molar-refractivity contribution in [3.8, 4) is 0 Å². The van der Waals surface area contributed by atoms with Gasteiger partial charge in [0.25, 0.3) is 0 Å². The number of rotatable bonds is 17. The number of carbonyl (C=O) groups excluding carboxylic acids is 2. The van der Waals surface area contributed by atoms with Crippen LogP contribution in [0, 0.1) is 0 Å². The van der Waals surface area contributed by atoms with Crippen molar-refractivity contribution in [2.75, 3.05) is 19.7 Å². The minimum atomic E-state index is -0.473. The predicted octanol–water partition coefficient (Wildman–Crippen LogP) is 4.72. The van der Waals surface area contributed by atoms with E-state index < -0.39 is 5.97 Å². The second-order valence-corrected chi connectivity index (χ2v) is 6.44. The van der Waals surface area contributed by atoms with Crippen molar-refractivity contribution >= 4 is 12.0 Å². The summed E-state index contributed by atoms with van der Waals surface area (Å²) in [7, 11) is 0. The normalized spacial score (nSPS) is 10.3. The van der Waals surface area contributed by atoms with Crippen LogP contribution in [0.15, 0.2) is 12.7 Å². The number of hydrogen-bond donors (Lipinski definition) is 2. The van der Waals surface area contributed by atoms with Crippen LogP contribution in [0.3, 0.4) is 0 Å². The molecule has 0 aliphatic carbocycles. The molecule has 0 bridgehead atoms. The van der Waals surface area contributed by atoms with Gasteiger partial charge in [-0.2, -0.15) is 0 Å². The van der Waals surface area contributed by atoms with Crippen LogP contribution in [0.1, 0.15) is 84.0 Å². The Hall–Kier alpha value is -1.52. The summed E-state index contributed by atoms with van der Waals surface area (Å²) in [6.45, 7) is 6.72. The number of hydrogen-bond acceptors (Lipinski definition) is 3. The van der Waals surface area contributed by atoms with Gasteiger partial charge in [-0.05, 0) is 6.42 Å². The van der Waals surface area contributed by atoms with Gasteiger partial charge < -0.3 is 15.4 Å². The van der Waals surface area contributed by atoms with Crippen LogP contribution in [-0.4, -0.2) is 31.7 Å². The van der Waals surface area contributed by atoms with Gasteiger partial charge in [0.15, 0.2) is 0 Å². The molecule has 0 radical (unpaired) electrons. The van der Waals surface area contributed by atoms with E-state index in [1.54, 1.807) is 0 Å². The first-order valence-corrected chi connectivity index (χ1v) is 10.0. The molecule has 0 heterocycles. The Labute approximate surface area is 154 Å². The van der Waals surface area contributed by atoms with Crippen LogP contribution < -0.4 is 10.6 Å². The molecular formula is C20H38N2O3. The summed E-state index contributed by atoms with van der Waals surface area (Å²) in [6.07, 6.45) is 16.8. The van der Waals surface area contributed by atoms with Crippen LogP contribution in [0.25, 0.3) is 0 Å². The molecule has 0 fully saturated rings. The molecule has 0 saturated heterocycles. The van der Waals surface area contributed by atoms with Crippen molar-refractivity contribution in [3.05, 3.63) is 12.7 Å². The molecule has 0 aromatic heterocycles. The molecule has 5 heteroatoms. The highest BCUT2D eigenvalue weighted by atomic mass is 16.5. The van der Waals surface area contributed by atoms with Crippen LogP contribution in [0.2, 0.25) is 0 Å². The van der Waals surface area contributed by atoms with Gasteiger partial charge in [-0.25, -0.2) is 9.59 Å². The van der Waals surface area contributed by atoms with Gasteiger partial charge in [-0.15, -0.1) is 0 Å². The van der Waals surface area contributed by atoms with Crippen molar-refractivity contribution in [3.63, 3.8) is 0 Å². The largest absolute Gasteiger partial charge is 0.461 e. The fourth-order valence-electron chi connectivity index (χ4n) is 2.61. The highest BCUT2D eigenvalue weighted by Gasteiger charge is 2.00. The average Bonchev–Trinajstić information content (AvgIpc) is 2.62. The van der Waals surface area contributed by atoms with E-state index in [-0.39, 0.29) is 12.6 Å². The molecule has 0 saturated carbocycles. The first-order valence-electron chi connectivity index (χ1n) is 10.0. The highest BCUT2D eigenvalue weighted by Crippen LogP contribution is 2.11. The Balaban J connectivity index is 3.18. The summed E-state index contributed by atoms with van der Waals surface area (Å²) in [4.78, 5) is 22.3. The highest BCUT2D eigenvalue weighted by molar-refractivity contribution is 5.81. The number of esters is 1. The van der Waals surface area contributed by atoms with Gasteiger partial charge >= 0.3 is 12.0 Å². The van der Waals surface area contributed by atoms with E-state index >= 15 is 0 Å². The third kappa shape index (κ3) is 18.7. The van der Waals surface area contributed by atoms with E-state index in [0.717, 1.165) is 18.9 Å². The second kappa shape index (κ2) is 18.8. The summed E-state index contributed by atoms with van der Waals surface area (Å²) >= 11 is 0. The zero-order chi connectivity index (χ0) is 18.6. The molecule has 0 aliphatic heterocycles. The zero-order valence-corrected chi connectivity index (χ0v) is 16.1. The molecule has 0 unspecified atom stereocenters. The number of carbonyl (C=O) groups is 2. The van der Waals surface area contributed by atoms with E-state index in [0.29, 0.717) is 13.1 Å². The maximum Gasteiger partial charge on any atom is 0.330 e. The van der Waals surface area contributed by atoms with Crippen molar-refractivity contribution < 1.29 is 14.3 Å². The topological polar surface area (TPSA) is 67.4 Å². The summed E-state index contributed by atoms with van der Waals surface area (Å²) in [5, 5.41) is 5.45. The lowest BCUT2D eigenvalue weighted by Gasteiger charge is -2.07. The number of amides is 2. The Morgan fingerprint density at radius 2 is 1.28 bits per heavy atom. The molecule has 2 amide bonds. The third-order valence-electron chi connectivity index (χ3n) is 4.11. The SMILES string of the molecule is C=CC(=O)OCCNC(=O)NCCCCCCCCCCCCCC. The summed E-state index contributed by atoms with van der Waals surface area (Å²) in [5.41, 5.74) is 0. The monoisotopic (exact) mass is 354 g/mol. The quantitative estimate of drug-likeness (QED) is 0.226. The second-order valence-electron chi connectivity index (χ2n) is 6.44. The van der Waals surface area contributed by atoms with E-state index in [2.05, 4.69) is 24.1 Å². The van der Waals surface area contributed by atoms with Gasteiger partial charge in [0.2, 0.25) is 0 Å². The zero-order valence-electron chi connectivity index (χ0n) is 16.1. The van der Waals surface area contributed by atoms with Crippen LogP contribution in [-0.2, 0) is 9.53 Å². The van der Waals surface area contributed by atoms with Crippen LogP contribution in [0.5, 0.6) is 0 Å². The fourth-order valence-corrected chi connectivity index (χ4v) is 2.61. The maximum absolute atomic E-state index is 11.5. The number of unbranched alkanes of at least 4 members (excludes halogenated alkanes) is 11. The Morgan fingerprint density at radius 3 is 1.80 bits per heavy atom. The van der Waals surface area contributed by atoms with Crippen LogP contribution in [0.4, 0.5) is 4.79 Å². The molecule has 0 aromatic rings.